The number of alkyl halides is 3. The van der Waals surface area contributed by atoms with Gasteiger partial charge >= 0.3 is 6.18 Å². The molecule has 1 aliphatic carbocycles. The number of rotatable bonds is 5. The van der Waals surface area contributed by atoms with Gasteiger partial charge in [0, 0.05) is 12.0 Å². The normalized spacial score (nSPS) is 18.8. The van der Waals surface area contributed by atoms with Crippen LogP contribution in [-0.2, 0) is 6.18 Å². The number of anilines is 1. The molecule has 1 fully saturated rings. The van der Waals surface area contributed by atoms with Crippen LogP contribution in [-0.4, -0.2) is 23.0 Å². The number of fused-ring (bicyclic) bond motifs is 1. The Balaban J connectivity index is 1.58. The van der Waals surface area contributed by atoms with Crippen molar-refractivity contribution in [3.05, 3.63) is 46.7 Å². The Labute approximate surface area is 181 Å². The van der Waals surface area contributed by atoms with E-state index in [1.165, 1.54) is 13.2 Å². The molecule has 0 radical (unpaired) electrons. The van der Waals surface area contributed by atoms with Crippen LogP contribution in [0.5, 0.6) is 5.75 Å². The highest BCUT2D eigenvalue weighted by molar-refractivity contribution is 7.18. The average molecular weight is 449 g/mol. The van der Waals surface area contributed by atoms with E-state index in [0.717, 1.165) is 46.1 Å². The number of nitrogens with one attached hydrogen (secondary N) is 1. The van der Waals surface area contributed by atoms with Crippen molar-refractivity contribution >= 4 is 33.1 Å². The van der Waals surface area contributed by atoms with Gasteiger partial charge in [0.15, 0.2) is 0 Å². The molecule has 0 bridgehead atoms. The van der Waals surface area contributed by atoms with E-state index in [9.17, 15) is 18.0 Å². The fourth-order valence-electron chi connectivity index (χ4n) is 3.73. The molecular formula is C22H22F3N3O2S. The number of hydrogen-bond acceptors (Lipinski definition) is 5. The Hall–Kier alpha value is -2.68. The molecule has 1 amide bonds. The van der Waals surface area contributed by atoms with Crippen molar-refractivity contribution in [2.45, 2.75) is 38.8 Å². The topological polar surface area (TPSA) is 64.1 Å². The van der Waals surface area contributed by atoms with Crippen molar-refractivity contribution < 1.29 is 22.7 Å². The Kier molecular flexibility index (Phi) is 5.63. The van der Waals surface area contributed by atoms with E-state index >= 15 is 0 Å². The van der Waals surface area contributed by atoms with E-state index in [0.29, 0.717) is 23.3 Å². The molecule has 0 spiro atoms. The van der Waals surface area contributed by atoms with Crippen molar-refractivity contribution in [1.82, 2.24) is 9.97 Å². The lowest BCUT2D eigenvalue weighted by Crippen LogP contribution is -2.25. The first kappa shape index (κ1) is 21.5. The van der Waals surface area contributed by atoms with Crippen molar-refractivity contribution in [3.63, 3.8) is 0 Å². The summed E-state index contributed by atoms with van der Waals surface area (Å²) in [4.78, 5) is 20.7. The van der Waals surface area contributed by atoms with Gasteiger partial charge in [0.1, 0.15) is 17.1 Å². The summed E-state index contributed by atoms with van der Waals surface area (Å²) in [6.45, 7) is 4.47. The van der Waals surface area contributed by atoms with Crippen LogP contribution in [0.1, 0.15) is 53.8 Å². The molecule has 1 aromatic carbocycles. The highest BCUT2D eigenvalue weighted by Gasteiger charge is 2.34. The second-order valence-electron chi connectivity index (χ2n) is 8.10. The molecule has 1 aliphatic rings. The number of halogens is 3. The summed E-state index contributed by atoms with van der Waals surface area (Å²) in [5, 5.41) is 3.69. The molecular weight excluding hydrogens is 427 g/mol. The maximum atomic E-state index is 12.9. The highest BCUT2D eigenvalue weighted by atomic mass is 32.1. The first-order chi connectivity index (χ1) is 14.7. The van der Waals surface area contributed by atoms with Gasteiger partial charge < -0.3 is 10.1 Å². The number of pyridine rings is 1. The standard InChI is InChI=1S/C22H22F3N3O2S/c1-11(2)12-7-13(8-12)21-28-16-9-17(30-3)15(10-18(16)31-21)27-20(29)14-5-4-6-19(26-14)22(23,24)25/h4-6,9-13H,7-8H2,1-3H3,(H,27,29)/t12-,13-. The molecule has 4 rings (SSSR count). The lowest BCUT2D eigenvalue weighted by molar-refractivity contribution is -0.141. The van der Waals surface area contributed by atoms with Crippen molar-refractivity contribution in [2.24, 2.45) is 11.8 Å². The molecule has 0 unspecified atom stereocenters. The smallest absolute Gasteiger partial charge is 0.433 e. The summed E-state index contributed by atoms with van der Waals surface area (Å²) in [6, 6.07) is 6.71. The second-order valence-corrected chi connectivity index (χ2v) is 9.17. The number of amides is 1. The molecule has 1 saturated carbocycles. The third-order valence-corrected chi connectivity index (χ3v) is 6.89. The molecule has 3 aromatic rings. The van der Waals surface area contributed by atoms with Crippen LogP contribution in [0.2, 0.25) is 0 Å². The van der Waals surface area contributed by atoms with Crippen LogP contribution in [0.4, 0.5) is 18.9 Å². The van der Waals surface area contributed by atoms with Gasteiger partial charge in [-0.2, -0.15) is 13.2 Å². The van der Waals surface area contributed by atoms with Gasteiger partial charge in [-0.25, -0.2) is 9.97 Å². The summed E-state index contributed by atoms with van der Waals surface area (Å²) in [6.07, 6.45) is -2.37. The van der Waals surface area contributed by atoms with Crippen LogP contribution in [0.25, 0.3) is 10.2 Å². The van der Waals surface area contributed by atoms with Gasteiger partial charge in [-0.05, 0) is 42.9 Å². The van der Waals surface area contributed by atoms with Gasteiger partial charge in [0.25, 0.3) is 5.91 Å². The minimum atomic E-state index is -4.62. The monoisotopic (exact) mass is 449 g/mol. The molecule has 31 heavy (non-hydrogen) atoms. The zero-order valence-electron chi connectivity index (χ0n) is 17.3. The number of thiazole rings is 1. The van der Waals surface area contributed by atoms with Crippen molar-refractivity contribution in [3.8, 4) is 5.75 Å². The molecule has 0 atom stereocenters. The number of benzene rings is 1. The molecule has 9 heteroatoms. The van der Waals surface area contributed by atoms with Gasteiger partial charge in [-0.15, -0.1) is 11.3 Å². The number of nitrogens with zero attached hydrogens (tertiary/aromatic N) is 2. The number of aromatic nitrogens is 2. The Morgan fingerprint density at radius 3 is 2.61 bits per heavy atom. The average Bonchev–Trinajstić information content (AvgIpc) is 3.07. The summed E-state index contributed by atoms with van der Waals surface area (Å²) in [7, 11) is 1.46. The maximum absolute atomic E-state index is 12.9. The quantitative estimate of drug-likeness (QED) is 0.510. The zero-order chi connectivity index (χ0) is 22.3. The molecule has 2 aromatic heterocycles. The third-order valence-electron chi connectivity index (χ3n) is 5.71. The molecule has 0 aliphatic heterocycles. The van der Waals surface area contributed by atoms with Gasteiger partial charge in [-0.3, -0.25) is 4.79 Å². The zero-order valence-corrected chi connectivity index (χ0v) is 18.1. The second kappa shape index (κ2) is 8.11. The van der Waals surface area contributed by atoms with Gasteiger partial charge in [-0.1, -0.05) is 19.9 Å². The fraction of sp³-hybridized carbons (Fsp3) is 0.409. The minimum Gasteiger partial charge on any atom is -0.494 e. The van der Waals surface area contributed by atoms with E-state index in [1.807, 2.05) is 0 Å². The number of hydrogen-bond donors (Lipinski definition) is 1. The van der Waals surface area contributed by atoms with Gasteiger partial charge in [0.2, 0.25) is 0 Å². The highest BCUT2D eigenvalue weighted by Crippen LogP contribution is 2.47. The molecule has 0 saturated heterocycles. The van der Waals surface area contributed by atoms with E-state index in [-0.39, 0.29) is 5.69 Å². The maximum Gasteiger partial charge on any atom is 0.433 e. The lowest BCUT2D eigenvalue weighted by atomic mass is 9.70. The number of carbonyl (C=O) groups is 1. The van der Waals surface area contributed by atoms with Crippen molar-refractivity contribution in [1.29, 1.82) is 0 Å². The number of carbonyl (C=O) groups excluding carboxylic acids is 1. The largest absolute Gasteiger partial charge is 0.494 e. The van der Waals surface area contributed by atoms with Crippen LogP contribution >= 0.6 is 11.3 Å². The predicted octanol–water partition coefficient (Wildman–Crippen LogP) is 6.12. The Bertz CT molecular complexity index is 1120. The lowest BCUT2D eigenvalue weighted by Gasteiger charge is -2.36. The molecule has 5 nitrogen and oxygen atoms in total. The number of ether oxygens (including phenoxy) is 1. The SMILES string of the molecule is COc1cc2nc([C@H]3C[C@H](C(C)C)C3)sc2cc1NC(=O)c1cccc(C(F)(F)F)n1. The predicted molar refractivity (Wildman–Crippen MR) is 114 cm³/mol. The summed E-state index contributed by atoms with van der Waals surface area (Å²) < 4.78 is 45.0. The molecule has 1 N–H and O–H groups in total. The Morgan fingerprint density at radius 1 is 1.23 bits per heavy atom. The minimum absolute atomic E-state index is 0.323. The van der Waals surface area contributed by atoms with Crippen LogP contribution in [0.15, 0.2) is 30.3 Å². The Morgan fingerprint density at radius 2 is 1.97 bits per heavy atom. The fourth-order valence-corrected chi connectivity index (χ4v) is 4.84. The van der Waals surface area contributed by atoms with Crippen LogP contribution in [0.3, 0.4) is 0 Å². The third kappa shape index (κ3) is 4.37. The summed E-state index contributed by atoms with van der Waals surface area (Å²) >= 11 is 1.57. The number of methoxy groups -OCH3 is 1. The van der Waals surface area contributed by atoms with E-state index in [2.05, 4.69) is 24.1 Å². The van der Waals surface area contributed by atoms with E-state index in [1.54, 1.807) is 23.5 Å². The first-order valence-corrected chi connectivity index (χ1v) is 10.8. The van der Waals surface area contributed by atoms with Crippen LogP contribution in [0, 0.1) is 11.8 Å². The van der Waals surface area contributed by atoms with Crippen LogP contribution < -0.4 is 10.1 Å². The van der Waals surface area contributed by atoms with E-state index < -0.39 is 17.8 Å². The first-order valence-electron chi connectivity index (χ1n) is 9.99. The van der Waals surface area contributed by atoms with Gasteiger partial charge in [0.05, 0.1) is 28.0 Å². The molecule has 2 heterocycles. The molecule has 164 valence electrons. The van der Waals surface area contributed by atoms with E-state index in [4.69, 9.17) is 9.72 Å². The summed E-state index contributed by atoms with van der Waals surface area (Å²) in [5.74, 6) is 1.48. The summed E-state index contributed by atoms with van der Waals surface area (Å²) in [5.41, 5.74) is -0.297. The van der Waals surface area contributed by atoms with Crippen molar-refractivity contribution in [2.75, 3.05) is 12.4 Å².